The van der Waals surface area contributed by atoms with E-state index in [0.29, 0.717) is 0 Å². The van der Waals surface area contributed by atoms with E-state index in [4.69, 9.17) is 39.5 Å². The van der Waals surface area contributed by atoms with Gasteiger partial charge in [-0.1, -0.05) is 27.7 Å². The molecule has 1 aromatic rings. The Morgan fingerprint density at radius 2 is 1.77 bits per heavy atom. The third kappa shape index (κ3) is 14.4. The minimum absolute atomic E-state index is 0.0123. The van der Waals surface area contributed by atoms with Crippen LogP contribution in [-0.4, -0.2) is 104 Å². The van der Waals surface area contributed by atoms with Crippen molar-refractivity contribution in [1.29, 1.82) is 0 Å². The molecule has 0 aliphatic carbocycles. The van der Waals surface area contributed by atoms with Gasteiger partial charge in [0.05, 0.1) is 33.5 Å². The Kier molecular flexibility index (Phi) is 19.5. The summed E-state index contributed by atoms with van der Waals surface area (Å²) in [6, 6.07) is -1.11. The first kappa shape index (κ1) is 40.1. The van der Waals surface area contributed by atoms with Crippen LogP contribution in [0.25, 0.3) is 0 Å². The molecule has 17 nitrogen and oxygen atoms in total. The molecule has 5 atom stereocenters. The first-order chi connectivity index (χ1) is 20.3. The van der Waals surface area contributed by atoms with Crippen LogP contribution in [0.5, 0.6) is 5.88 Å². The molecule has 0 saturated carbocycles. The van der Waals surface area contributed by atoms with Crippen LogP contribution in [0, 0.1) is 5.92 Å². The van der Waals surface area contributed by atoms with Gasteiger partial charge in [-0.05, 0) is 19.3 Å². The van der Waals surface area contributed by atoms with Crippen molar-refractivity contribution in [3.8, 4) is 5.88 Å². The molecule has 0 aromatic carbocycles. The number of anilines is 2. The van der Waals surface area contributed by atoms with Crippen molar-refractivity contribution in [2.75, 3.05) is 52.6 Å². The highest BCUT2D eigenvalue weighted by Crippen LogP contribution is 2.45. The Balaban J connectivity index is 0.00000862. The number of hydrogen-bond acceptors (Lipinski definition) is 16. The summed E-state index contributed by atoms with van der Waals surface area (Å²) < 4.78 is 44.1. The van der Waals surface area contributed by atoms with Crippen LogP contribution in [0.4, 0.5) is 17.5 Å². The Morgan fingerprint density at radius 3 is 2.30 bits per heavy atom. The van der Waals surface area contributed by atoms with Crippen molar-refractivity contribution in [1.82, 2.24) is 15.1 Å². The van der Waals surface area contributed by atoms with E-state index in [9.17, 15) is 24.4 Å². The lowest BCUT2D eigenvalue weighted by Crippen LogP contribution is -2.42. The highest BCUT2D eigenvalue weighted by molar-refractivity contribution is 7.51. The summed E-state index contributed by atoms with van der Waals surface area (Å²) in [6.07, 6.45) is -2.99. The topological polar surface area (TPSA) is 249 Å². The number of carbonyl (C=O) groups is 2. The number of esters is 2. The summed E-state index contributed by atoms with van der Waals surface area (Å²) in [6.45, 7) is 7.96. The zero-order valence-corrected chi connectivity index (χ0v) is 26.9. The molecule has 1 heterocycles. The van der Waals surface area contributed by atoms with Crippen molar-refractivity contribution in [3.05, 3.63) is 0 Å². The maximum absolute atomic E-state index is 13.6. The molecule has 1 rings (SSSR count). The van der Waals surface area contributed by atoms with Crippen LogP contribution in [0.15, 0.2) is 4.99 Å². The average Bonchev–Trinajstić information content (AvgIpc) is 2.97. The number of nitrogens with two attached hydrogens (primary N) is 2. The normalized spacial score (nSPS) is 15.5. The van der Waals surface area contributed by atoms with Crippen molar-refractivity contribution >= 4 is 43.4 Å². The highest BCUT2D eigenvalue weighted by atomic mass is 31.2. The summed E-state index contributed by atoms with van der Waals surface area (Å²) in [4.78, 5) is 35.9. The van der Waals surface area contributed by atoms with Gasteiger partial charge in [0, 0.05) is 19.7 Å². The number of aliphatic imine (C=N–C) groups is 1. The molecule has 1 aromatic heterocycles. The van der Waals surface area contributed by atoms with Gasteiger partial charge in [0.15, 0.2) is 18.1 Å². The molecular weight excluding hydrogens is 591 g/mol. The van der Waals surface area contributed by atoms with Gasteiger partial charge in [-0.2, -0.15) is 9.97 Å². The Hall–Kier alpha value is -2.92. The van der Waals surface area contributed by atoms with Crippen LogP contribution in [-0.2, 0) is 37.4 Å². The summed E-state index contributed by atoms with van der Waals surface area (Å²) in [5.41, 5.74) is 11.4. The van der Waals surface area contributed by atoms with E-state index in [1.807, 2.05) is 27.7 Å². The maximum Gasteiger partial charge on any atom is 0.406 e. The number of aromatic nitrogens is 2. The maximum atomic E-state index is 13.6. The molecule has 18 heteroatoms. The van der Waals surface area contributed by atoms with E-state index >= 15 is 0 Å². The Bertz CT molecular complexity index is 1060. The highest BCUT2D eigenvalue weighted by Gasteiger charge is 2.36. The molecule has 0 aliphatic rings. The first-order valence-electron chi connectivity index (χ1n) is 13.6. The molecule has 248 valence electrons. The zero-order valence-electron chi connectivity index (χ0n) is 26.0. The number of nitrogens with one attached hydrogen (secondary N) is 1. The van der Waals surface area contributed by atoms with Gasteiger partial charge in [0.25, 0.3) is 0 Å². The molecule has 0 spiro atoms. The average molecular weight is 639 g/mol. The molecule has 7 N–H and O–H groups in total. The van der Waals surface area contributed by atoms with E-state index < -0.39 is 57.3 Å². The molecule has 0 aliphatic heterocycles. The lowest BCUT2D eigenvalue weighted by Gasteiger charge is -2.28. The Labute approximate surface area is 252 Å². The standard InChI is InChI=1S/C23H41N6O11P.C2H6/c1-7-38-17(31)12-40-41(34,29-14(10-13(2)3)22(33)37-6)39-11-16(35-4)19(32)15(30)8-9-26-18-20(24)27-23(25)28-21(18)36-5;1-2/h9,13-16,19,30,32H,7-8,10-12H2,1-6H3,(H,29,34)(H4,24,25,27,28);1-2H3/t14-,15+,16?,19?,41?;/m0./s1. The lowest BCUT2D eigenvalue weighted by molar-refractivity contribution is -0.145. The number of ether oxygens (including phenoxy) is 4. The van der Waals surface area contributed by atoms with Gasteiger partial charge < -0.3 is 40.6 Å². The Morgan fingerprint density at radius 1 is 1.12 bits per heavy atom. The van der Waals surface area contributed by atoms with Crippen molar-refractivity contribution in [2.24, 2.45) is 10.9 Å². The number of nitrogens with zero attached hydrogens (tertiary/aromatic N) is 3. The minimum atomic E-state index is -4.40. The number of carbonyl (C=O) groups excluding carboxylic acids is 2. The number of aliphatic hydroxyl groups is 2. The number of hydrogen-bond donors (Lipinski definition) is 5. The van der Waals surface area contributed by atoms with Crippen LogP contribution in [0.2, 0.25) is 0 Å². The molecule has 43 heavy (non-hydrogen) atoms. The predicted octanol–water partition coefficient (Wildman–Crippen LogP) is 1.39. The smallest absolute Gasteiger partial charge is 0.406 e. The van der Waals surface area contributed by atoms with E-state index in [0.717, 1.165) is 7.11 Å². The van der Waals surface area contributed by atoms with Crippen LogP contribution in [0.1, 0.15) is 47.5 Å². The summed E-state index contributed by atoms with van der Waals surface area (Å²) >= 11 is 0. The third-order valence-electron chi connectivity index (χ3n) is 5.31. The van der Waals surface area contributed by atoms with Gasteiger partial charge >= 0.3 is 19.7 Å². The van der Waals surface area contributed by atoms with Crippen molar-refractivity contribution in [2.45, 2.75) is 71.8 Å². The molecular formula is C25H47N6O11P. The van der Waals surface area contributed by atoms with E-state index in [1.54, 1.807) is 6.92 Å². The van der Waals surface area contributed by atoms with Gasteiger partial charge in [0.2, 0.25) is 11.8 Å². The van der Waals surface area contributed by atoms with E-state index in [1.165, 1.54) is 20.4 Å². The van der Waals surface area contributed by atoms with Crippen molar-refractivity contribution < 1.29 is 52.4 Å². The van der Waals surface area contributed by atoms with Crippen molar-refractivity contribution in [3.63, 3.8) is 0 Å². The van der Waals surface area contributed by atoms with E-state index in [2.05, 4.69) is 20.0 Å². The van der Waals surface area contributed by atoms with Crippen LogP contribution < -0.4 is 21.3 Å². The van der Waals surface area contributed by atoms with Crippen LogP contribution in [0.3, 0.4) is 0 Å². The monoisotopic (exact) mass is 638 g/mol. The van der Waals surface area contributed by atoms with Gasteiger partial charge in [-0.25, -0.2) is 14.4 Å². The fourth-order valence-corrected chi connectivity index (χ4v) is 4.74. The second-order valence-electron chi connectivity index (χ2n) is 8.91. The van der Waals surface area contributed by atoms with Gasteiger partial charge in [-0.3, -0.25) is 18.8 Å². The second-order valence-corrected chi connectivity index (χ2v) is 10.7. The number of aliphatic hydroxyl groups excluding tert-OH is 2. The summed E-state index contributed by atoms with van der Waals surface area (Å²) in [5, 5.41) is 23.7. The second kappa shape index (κ2) is 20.9. The predicted molar refractivity (Wildman–Crippen MR) is 159 cm³/mol. The third-order valence-corrected chi connectivity index (χ3v) is 6.89. The molecule has 3 unspecified atom stereocenters. The first-order valence-corrected chi connectivity index (χ1v) is 15.1. The fourth-order valence-electron chi connectivity index (χ4n) is 3.31. The fraction of sp³-hybridized carbons (Fsp3) is 0.720. The van der Waals surface area contributed by atoms with Crippen LogP contribution >= 0.6 is 7.75 Å². The summed E-state index contributed by atoms with van der Waals surface area (Å²) in [5.74, 6) is -1.74. The lowest BCUT2D eigenvalue weighted by atomic mass is 10.1. The molecule has 0 radical (unpaired) electrons. The van der Waals surface area contributed by atoms with E-state index in [-0.39, 0.29) is 48.7 Å². The largest absolute Gasteiger partial charge is 0.479 e. The zero-order chi connectivity index (χ0) is 33.2. The van der Waals surface area contributed by atoms with Gasteiger partial charge in [-0.15, -0.1) is 0 Å². The number of methoxy groups -OCH3 is 3. The number of rotatable bonds is 19. The number of nitrogen functional groups attached to an aromatic ring is 2. The SMILES string of the molecule is CC.CCOC(=O)COP(=O)(N[C@@H](CC(C)C)C(=O)OC)OCC(OC)C(O)[C@H](O)CC=Nc1c(N)nc(N)nc1OC. The summed E-state index contributed by atoms with van der Waals surface area (Å²) in [7, 11) is -0.673. The molecule has 0 fully saturated rings. The molecule has 0 saturated heterocycles. The minimum Gasteiger partial charge on any atom is -0.479 e. The molecule has 0 amide bonds. The molecule has 0 bridgehead atoms. The van der Waals surface area contributed by atoms with Gasteiger partial charge in [0.1, 0.15) is 18.2 Å². The quantitative estimate of drug-likeness (QED) is 0.0815.